The molecular weight excluding hydrogens is 255 g/mol. The van der Waals surface area contributed by atoms with Crippen molar-refractivity contribution in [2.45, 2.75) is 40.7 Å². The zero-order chi connectivity index (χ0) is 14.9. The fourth-order valence-corrected chi connectivity index (χ4v) is 2.43. The number of hydrogen-bond donors (Lipinski definition) is 0. The second-order valence-electron chi connectivity index (χ2n) is 5.05. The summed E-state index contributed by atoms with van der Waals surface area (Å²) < 4.78 is 14.9. The van der Waals surface area contributed by atoms with E-state index in [2.05, 4.69) is 5.10 Å². The number of hydrogen-bond acceptors (Lipinski definition) is 2. The molecule has 0 radical (unpaired) electrons. The van der Waals surface area contributed by atoms with Crippen LogP contribution in [0, 0.1) is 26.6 Å². The van der Waals surface area contributed by atoms with E-state index in [0.717, 1.165) is 22.5 Å². The average Bonchev–Trinajstić information content (AvgIpc) is 2.67. The summed E-state index contributed by atoms with van der Waals surface area (Å²) in [6.45, 7) is 8.03. The minimum atomic E-state index is -0.235. The topological polar surface area (TPSA) is 34.9 Å². The average molecular weight is 274 g/mol. The standard InChI is InChI=1S/C16H19FN2O/c1-5-15(20)16-11(3)18-19(12(16)4)9-13-6-7-14(17)8-10(13)2/h6-8H,5,9H2,1-4H3. The number of aromatic nitrogens is 2. The summed E-state index contributed by atoms with van der Waals surface area (Å²) in [5, 5.41) is 4.44. The van der Waals surface area contributed by atoms with Crippen LogP contribution in [-0.2, 0) is 6.54 Å². The third-order valence-corrected chi connectivity index (χ3v) is 3.61. The van der Waals surface area contributed by atoms with Gasteiger partial charge in [-0.1, -0.05) is 13.0 Å². The summed E-state index contributed by atoms with van der Waals surface area (Å²) in [4.78, 5) is 11.9. The maximum Gasteiger partial charge on any atom is 0.166 e. The van der Waals surface area contributed by atoms with E-state index in [0.29, 0.717) is 18.5 Å². The van der Waals surface area contributed by atoms with E-state index in [4.69, 9.17) is 0 Å². The second kappa shape index (κ2) is 5.57. The summed E-state index contributed by atoms with van der Waals surface area (Å²) in [7, 11) is 0. The molecule has 20 heavy (non-hydrogen) atoms. The van der Waals surface area contributed by atoms with Crippen molar-refractivity contribution in [1.82, 2.24) is 9.78 Å². The van der Waals surface area contributed by atoms with Crippen molar-refractivity contribution in [3.8, 4) is 0 Å². The van der Waals surface area contributed by atoms with E-state index in [1.807, 2.05) is 32.4 Å². The maximum atomic E-state index is 13.1. The molecule has 0 unspecified atom stereocenters. The number of carbonyl (C=O) groups excluding carboxylic acids is 1. The predicted molar refractivity (Wildman–Crippen MR) is 76.6 cm³/mol. The van der Waals surface area contributed by atoms with E-state index >= 15 is 0 Å². The van der Waals surface area contributed by atoms with E-state index in [1.54, 1.807) is 6.07 Å². The van der Waals surface area contributed by atoms with Crippen molar-refractivity contribution in [3.05, 3.63) is 52.1 Å². The van der Waals surface area contributed by atoms with Gasteiger partial charge in [0.2, 0.25) is 0 Å². The quantitative estimate of drug-likeness (QED) is 0.799. The summed E-state index contributed by atoms with van der Waals surface area (Å²) in [5.74, 6) is -0.122. The van der Waals surface area contributed by atoms with Gasteiger partial charge in [0.05, 0.1) is 17.8 Å². The highest BCUT2D eigenvalue weighted by Gasteiger charge is 2.17. The van der Waals surface area contributed by atoms with Gasteiger partial charge in [0.15, 0.2) is 5.78 Å². The highest BCUT2D eigenvalue weighted by atomic mass is 19.1. The smallest absolute Gasteiger partial charge is 0.166 e. The molecule has 1 aromatic heterocycles. The SMILES string of the molecule is CCC(=O)c1c(C)nn(Cc2ccc(F)cc2C)c1C. The molecule has 2 rings (SSSR count). The van der Waals surface area contributed by atoms with Crippen LogP contribution in [0.4, 0.5) is 4.39 Å². The molecule has 0 atom stereocenters. The third-order valence-electron chi connectivity index (χ3n) is 3.61. The van der Waals surface area contributed by atoms with Gasteiger partial charge in [0, 0.05) is 12.1 Å². The van der Waals surface area contributed by atoms with Crippen LogP contribution in [0.5, 0.6) is 0 Å². The van der Waals surface area contributed by atoms with Crippen LogP contribution in [0.25, 0.3) is 0 Å². The molecule has 0 spiro atoms. The molecule has 4 heteroatoms. The van der Waals surface area contributed by atoms with Gasteiger partial charge >= 0.3 is 0 Å². The Labute approximate surface area is 118 Å². The zero-order valence-electron chi connectivity index (χ0n) is 12.3. The molecule has 3 nitrogen and oxygen atoms in total. The Balaban J connectivity index is 2.37. The lowest BCUT2D eigenvalue weighted by molar-refractivity contribution is 0.0987. The molecule has 0 saturated carbocycles. The molecule has 0 N–H and O–H groups in total. The van der Waals surface area contributed by atoms with E-state index in [-0.39, 0.29) is 11.6 Å². The first kappa shape index (κ1) is 14.4. The highest BCUT2D eigenvalue weighted by Crippen LogP contribution is 2.18. The Hall–Kier alpha value is -1.97. The minimum absolute atomic E-state index is 0.113. The molecule has 2 aromatic rings. The molecule has 1 heterocycles. The van der Waals surface area contributed by atoms with Crippen LogP contribution in [0.1, 0.15) is 46.2 Å². The fraction of sp³-hybridized carbons (Fsp3) is 0.375. The lowest BCUT2D eigenvalue weighted by Crippen LogP contribution is -2.07. The van der Waals surface area contributed by atoms with E-state index < -0.39 is 0 Å². The van der Waals surface area contributed by atoms with Gasteiger partial charge in [-0.15, -0.1) is 0 Å². The lowest BCUT2D eigenvalue weighted by atomic mass is 10.1. The third kappa shape index (κ3) is 2.64. The number of ketones is 1. The molecular formula is C16H19FN2O. The largest absolute Gasteiger partial charge is 0.294 e. The van der Waals surface area contributed by atoms with Gasteiger partial charge in [-0.3, -0.25) is 9.48 Å². The Morgan fingerprint density at radius 2 is 2.00 bits per heavy atom. The van der Waals surface area contributed by atoms with Crippen molar-refractivity contribution >= 4 is 5.78 Å². The van der Waals surface area contributed by atoms with Crippen LogP contribution in [0.15, 0.2) is 18.2 Å². The first-order valence-corrected chi connectivity index (χ1v) is 6.76. The first-order chi connectivity index (χ1) is 9.43. The maximum absolute atomic E-state index is 13.1. The Morgan fingerprint density at radius 1 is 1.30 bits per heavy atom. The van der Waals surface area contributed by atoms with E-state index in [9.17, 15) is 9.18 Å². The Bertz CT molecular complexity index is 659. The second-order valence-corrected chi connectivity index (χ2v) is 5.05. The fourth-order valence-electron chi connectivity index (χ4n) is 2.43. The Kier molecular flexibility index (Phi) is 4.02. The molecule has 0 bridgehead atoms. The molecule has 106 valence electrons. The van der Waals surface area contributed by atoms with Gasteiger partial charge in [-0.2, -0.15) is 5.10 Å². The molecule has 0 aliphatic rings. The van der Waals surface area contributed by atoms with Crippen molar-refractivity contribution in [2.75, 3.05) is 0 Å². The number of Topliss-reactive ketones (excluding diaryl/α,β-unsaturated/α-hetero) is 1. The van der Waals surface area contributed by atoms with Gasteiger partial charge in [0.1, 0.15) is 5.82 Å². The van der Waals surface area contributed by atoms with Gasteiger partial charge in [-0.05, 0) is 44.0 Å². The number of benzene rings is 1. The molecule has 1 aromatic carbocycles. The van der Waals surface area contributed by atoms with Crippen molar-refractivity contribution in [2.24, 2.45) is 0 Å². The van der Waals surface area contributed by atoms with Crippen LogP contribution >= 0.6 is 0 Å². The van der Waals surface area contributed by atoms with Gasteiger partial charge < -0.3 is 0 Å². The van der Waals surface area contributed by atoms with Crippen molar-refractivity contribution in [3.63, 3.8) is 0 Å². The normalized spacial score (nSPS) is 10.8. The minimum Gasteiger partial charge on any atom is -0.294 e. The van der Waals surface area contributed by atoms with Crippen molar-refractivity contribution in [1.29, 1.82) is 0 Å². The number of aryl methyl sites for hydroxylation is 2. The Morgan fingerprint density at radius 3 is 2.60 bits per heavy atom. The lowest BCUT2D eigenvalue weighted by Gasteiger charge is -2.08. The number of halogens is 1. The summed E-state index contributed by atoms with van der Waals surface area (Å²) >= 11 is 0. The summed E-state index contributed by atoms with van der Waals surface area (Å²) in [5.41, 5.74) is 4.24. The molecule has 0 aliphatic carbocycles. The molecule has 0 aliphatic heterocycles. The number of carbonyl (C=O) groups is 1. The summed E-state index contributed by atoms with van der Waals surface area (Å²) in [6, 6.07) is 4.73. The molecule has 0 fully saturated rings. The van der Waals surface area contributed by atoms with Crippen molar-refractivity contribution < 1.29 is 9.18 Å². The molecule has 0 amide bonds. The number of rotatable bonds is 4. The van der Waals surface area contributed by atoms with Crippen LogP contribution < -0.4 is 0 Å². The first-order valence-electron chi connectivity index (χ1n) is 6.76. The molecule has 0 saturated heterocycles. The van der Waals surface area contributed by atoms with Crippen LogP contribution in [-0.4, -0.2) is 15.6 Å². The number of nitrogens with zero attached hydrogens (tertiary/aromatic N) is 2. The summed E-state index contributed by atoms with van der Waals surface area (Å²) in [6.07, 6.45) is 0.475. The van der Waals surface area contributed by atoms with Gasteiger partial charge in [-0.25, -0.2) is 4.39 Å². The predicted octanol–water partition coefficient (Wildman–Crippen LogP) is 3.59. The highest BCUT2D eigenvalue weighted by molar-refractivity contribution is 5.97. The zero-order valence-corrected chi connectivity index (χ0v) is 12.3. The van der Waals surface area contributed by atoms with Gasteiger partial charge in [0.25, 0.3) is 0 Å². The van der Waals surface area contributed by atoms with Crippen LogP contribution in [0.3, 0.4) is 0 Å². The monoisotopic (exact) mass is 274 g/mol. The van der Waals surface area contributed by atoms with Crippen LogP contribution in [0.2, 0.25) is 0 Å². The van der Waals surface area contributed by atoms with E-state index in [1.165, 1.54) is 12.1 Å².